The van der Waals surface area contributed by atoms with E-state index in [0.717, 1.165) is 10.6 Å². The highest BCUT2D eigenvalue weighted by Crippen LogP contribution is 2.15. The van der Waals surface area contributed by atoms with E-state index in [1.807, 2.05) is 19.1 Å². The van der Waals surface area contributed by atoms with Crippen LogP contribution in [0.15, 0.2) is 29.8 Å². The van der Waals surface area contributed by atoms with Gasteiger partial charge in [0.1, 0.15) is 0 Å². The molecule has 0 saturated carbocycles. The Morgan fingerprint density at radius 1 is 1.53 bits per heavy atom. The molecule has 19 heavy (non-hydrogen) atoms. The fourth-order valence-electron chi connectivity index (χ4n) is 1.40. The molecule has 0 aliphatic carbocycles. The lowest BCUT2D eigenvalue weighted by molar-refractivity contribution is 0.102. The Morgan fingerprint density at radius 3 is 3.05 bits per heavy atom. The third-order valence-corrected chi connectivity index (χ3v) is 3.19. The predicted octanol–water partition coefficient (Wildman–Crippen LogP) is 2.01. The van der Waals surface area contributed by atoms with Gasteiger partial charge >= 0.3 is 0 Å². The first-order valence-corrected chi connectivity index (χ1v) is 6.58. The number of rotatable bonds is 2. The van der Waals surface area contributed by atoms with E-state index >= 15 is 0 Å². The van der Waals surface area contributed by atoms with Crippen LogP contribution in [-0.4, -0.2) is 17.4 Å². The molecule has 0 saturated heterocycles. The van der Waals surface area contributed by atoms with Crippen LogP contribution in [0.5, 0.6) is 0 Å². The zero-order chi connectivity index (χ0) is 13.7. The molecule has 0 bridgehead atoms. The lowest BCUT2D eigenvalue weighted by Gasteiger charge is -2.02. The Hall–Kier alpha value is -2.16. The summed E-state index contributed by atoms with van der Waals surface area (Å²) in [6, 6.07) is 5.42. The molecule has 2 aromatic rings. The minimum absolute atomic E-state index is 0.164. The molecule has 0 radical (unpaired) electrons. The number of amides is 1. The quantitative estimate of drug-likeness (QED) is 0.821. The van der Waals surface area contributed by atoms with Crippen molar-refractivity contribution in [2.24, 2.45) is 5.73 Å². The normalized spacial score (nSPS) is 9.58. The molecule has 5 heteroatoms. The third kappa shape index (κ3) is 3.65. The van der Waals surface area contributed by atoms with Gasteiger partial charge in [0.05, 0.1) is 28.9 Å². The van der Waals surface area contributed by atoms with Gasteiger partial charge in [-0.15, -0.1) is 11.3 Å². The van der Waals surface area contributed by atoms with Crippen LogP contribution in [-0.2, 0) is 0 Å². The number of anilines is 1. The van der Waals surface area contributed by atoms with Crippen molar-refractivity contribution < 1.29 is 4.79 Å². The molecule has 3 N–H and O–H groups in total. The Kier molecular flexibility index (Phi) is 4.29. The molecule has 0 atom stereocenters. The van der Waals surface area contributed by atoms with Gasteiger partial charge < -0.3 is 11.1 Å². The van der Waals surface area contributed by atoms with Gasteiger partial charge in [0.15, 0.2) is 0 Å². The van der Waals surface area contributed by atoms with E-state index in [2.05, 4.69) is 22.1 Å². The van der Waals surface area contributed by atoms with Gasteiger partial charge in [-0.2, -0.15) is 0 Å². The van der Waals surface area contributed by atoms with Crippen LogP contribution in [0.3, 0.4) is 0 Å². The van der Waals surface area contributed by atoms with Gasteiger partial charge in [0, 0.05) is 11.1 Å². The van der Waals surface area contributed by atoms with Crippen molar-refractivity contribution in [3.63, 3.8) is 0 Å². The van der Waals surface area contributed by atoms with Gasteiger partial charge in [-0.25, -0.2) is 0 Å². The molecule has 1 amide bonds. The maximum Gasteiger partial charge on any atom is 0.256 e. The molecule has 4 nitrogen and oxygen atoms in total. The lowest BCUT2D eigenvalue weighted by Crippen LogP contribution is -2.10. The summed E-state index contributed by atoms with van der Waals surface area (Å²) in [6.07, 6.45) is 1.63. The maximum atomic E-state index is 12.0. The van der Waals surface area contributed by atoms with Crippen molar-refractivity contribution in [2.45, 2.75) is 6.92 Å². The van der Waals surface area contributed by atoms with E-state index in [9.17, 15) is 4.79 Å². The molecule has 0 unspecified atom stereocenters. The van der Waals surface area contributed by atoms with Crippen molar-refractivity contribution in [2.75, 3.05) is 11.9 Å². The first-order valence-electron chi connectivity index (χ1n) is 5.70. The number of thiophene rings is 1. The summed E-state index contributed by atoms with van der Waals surface area (Å²) in [5.74, 6) is 5.50. The molecule has 0 aliphatic heterocycles. The fraction of sp³-hybridized carbons (Fsp3) is 0.143. The first kappa shape index (κ1) is 13.3. The number of hydrogen-bond donors (Lipinski definition) is 2. The van der Waals surface area contributed by atoms with Crippen molar-refractivity contribution in [3.05, 3.63) is 45.9 Å². The van der Waals surface area contributed by atoms with E-state index in [0.29, 0.717) is 17.8 Å². The molecule has 0 aliphatic rings. The van der Waals surface area contributed by atoms with Gasteiger partial charge in [-0.3, -0.25) is 9.78 Å². The van der Waals surface area contributed by atoms with Crippen LogP contribution < -0.4 is 11.1 Å². The molecule has 0 aromatic carbocycles. The zero-order valence-corrected chi connectivity index (χ0v) is 11.3. The maximum absolute atomic E-state index is 12.0. The first-order chi connectivity index (χ1) is 9.19. The van der Waals surface area contributed by atoms with Gasteiger partial charge in [-0.05, 0) is 25.1 Å². The largest absolute Gasteiger partial charge is 0.321 e. The van der Waals surface area contributed by atoms with E-state index in [4.69, 9.17) is 5.73 Å². The second-order valence-electron chi connectivity index (χ2n) is 3.85. The average Bonchev–Trinajstić information content (AvgIpc) is 2.88. The predicted molar refractivity (Wildman–Crippen MR) is 77.2 cm³/mol. The number of carbonyl (C=O) groups is 1. The summed E-state index contributed by atoms with van der Waals surface area (Å²) in [4.78, 5) is 16.9. The highest BCUT2D eigenvalue weighted by atomic mass is 32.1. The monoisotopic (exact) mass is 271 g/mol. The zero-order valence-electron chi connectivity index (χ0n) is 10.4. The number of pyridine rings is 1. The van der Waals surface area contributed by atoms with Crippen molar-refractivity contribution in [1.82, 2.24) is 4.98 Å². The Bertz CT molecular complexity index is 635. The minimum Gasteiger partial charge on any atom is -0.321 e. The van der Waals surface area contributed by atoms with Crippen LogP contribution in [0.1, 0.15) is 20.9 Å². The standard InChI is InChI=1S/C14H13N3OS/c1-10-4-5-12(8-16-10)17-14(18)11-7-13(19-9-11)3-2-6-15/h4-5,7-9H,6,15H2,1H3,(H,17,18). The summed E-state index contributed by atoms with van der Waals surface area (Å²) < 4.78 is 0. The highest BCUT2D eigenvalue weighted by molar-refractivity contribution is 7.10. The number of aromatic nitrogens is 1. The van der Waals surface area contributed by atoms with Crippen LogP contribution >= 0.6 is 11.3 Å². The van der Waals surface area contributed by atoms with Gasteiger partial charge in [0.2, 0.25) is 0 Å². The molecule has 0 spiro atoms. The SMILES string of the molecule is Cc1ccc(NC(=O)c2csc(C#CCN)c2)cn1. The highest BCUT2D eigenvalue weighted by Gasteiger charge is 2.08. The number of carbonyl (C=O) groups excluding carboxylic acids is 1. The minimum atomic E-state index is -0.164. The summed E-state index contributed by atoms with van der Waals surface area (Å²) in [5.41, 5.74) is 7.48. The molecular formula is C14H13N3OS. The number of hydrogen-bond acceptors (Lipinski definition) is 4. The van der Waals surface area contributed by atoms with Crippen LogP contribution in [0.4, 0.5) is 5.69 Å². The van der Waals surface area contributed by atoms with Crippen molar-refractivity contribution in [3.8, 4) is 11.8 Å². The van der Waals surface area contributed by atoms with E-state index in [1.165, 1.54) is 11.3 Å². The fourth-order valence-corrected chi connectivity index (χ4v) is 2.16. The van der Waals surface area contributed by atoms with Crippen molar-refractivity contribution >= 4 is 22.9 Å². The molecule has 96 valence electrons. The average molecular weight is 271 g/mol. The third-order valence-electron chi connectivity index (χ3n) is 2.34. The number of nitrogens with two attached hydrogens (primary N) is 1. The smallest absolute Gasteiger partial charge is 0.256 e. The molecule has 2 aromatic heterocycles. The van der Waals surface area contributed by atoms with Crippen LogP contribution in [0.2, 0.25) is 0 Å². The van der Waals surface area contributed by atoms with Crippen LogP contribution in [0, 0.1) is 18.8 Å². The van der Waals surface area contributed by atoms with E-state index in [1.54, 1.807) is 17.6 Å². The topological polar surface area (TPSA) is 68.0 Å². The molecule has 2 rings (SSSR count). The van der Waals surface area contributed by atoms with E-state index in [-0.39, 0.29) is 5.91 Å². The second kappa shape index (κ2) is 6.14. The summed E-state index contributed by atoms with van der Waals surface area (Å²) in [6.45, 7) is 2.21. The van der Waals surface area contributed by atoms with Gasteiger partial charge in [0.25, 0.3) is 5.91 Å². The lowest BCUT2D eigenvalue weighted by atomic mass is 10.2. The summed E-state index contributed by atoms with van der Waals surface area (Å²) in [7, 11) is 0. The number of nitrogens with zero attached hydrogens (tertiary/aromatic N) is 1. The molecule has 0 fully saturated rings. The van der Waals surface area contributed by atoms with Crippen molar-refractivity contribution in [1.29, 1.82) is 0 Å². The summed E-state index contributed by atoms with van der Waals surface area (Å²) in [5, 5.41) is 4.56. The van der Waals surface area contributed by atoms with Crippen LogP contribution in [0.25, 0.3) is 0 Å². The number of aryl methyl sites for hydroxylation is 1. The Morgan fingerprint density at radius 2 is 2.37 bits per heavy atom. The molecular weight excluding hydrogens is 258 g/mol. The molecule has 2 heterocycles. The number of nitrogens with one attached hydrogen (secondary N) is 1. The van der Waals surface area contributed by atoms with E-state index < -0.39 is 0 Å². The Labute approximate surface area is 115 Å². The summed E-state index contributed by atoms with van der Waals surface area (Å²) >= 11 is 1.43. The Balaban J connectivity index is 2.07. The second-order valence-corrected chi connectivity index (χ2v) is 4.76. The van der Waals surface area contributed by atoms with Gasteiger partial charge in [-0.1, -0.05) is 11.8 Å².